The van der Waals surface area contributed by atoms with Gasteiger partial charge >= 0.3 is 0 Å². The zero-order valence-electron chi connectivity index (χ0n) is 12.4. The van der Waals surface area contributed by atoms with Gasteiger partial charge in [0.2, 0.25) is 5.43 Å². The van der Waals surface area contributed by atoms with Gasteiger partial charge in [0.15, 0.2) is 11.9 Å². The summed E-state index contributed by atoms with van der Waals surface area (Å²) in [6.07, 6.45) is -0.669. The number of hydrogen-bond acceptors (Lipinski definition) is 5. The van der Waals surface area contributed by atoms with Crippen LogP contribution in [0.2, 0.25) is 5.02 Å². The van der Waals surface area contributed by atoms with Crippen molar-refractivity contribution in [3.8, 4) is 11.5 Å². The summed E-state index contributed by atoms with van der Waals surface area (Å²) in [5.41, 5.74) is 0.144. The molecular weight excluding hydrogens is 320 g/mol. The van der Waals surface area contributed by atoms with E-state index in [4.69, 9.17) is 20.8 Å². The zero-order valence-corrected chi connectivity index (χ0v) is 13.2. The van der Waals surface area contributed by atoms with Crippen LogP contribution in [0.15, 0.2) is 39.5 Å². The fraction of sp³-hybridized carbons (Fsp3) is 0.176. The van der Waals surface area contributed by atoms with Crippen molar-refractivity contribution in [2.75, 3.05) is 0 Å². The van der Waals surface area contributed by atoms with E-state index in [-0.39, 0.29) is 39.1 Å². The summed E-state index contributed by atoms with van der Waals surface area (Å²) in [6, 6.07) is 7.45. The van der Waals surface area contributed by atoms with E-state index in [1.54, 1.807) is 19.1 Å². The summed E-state index contributed by atoms with van der Waals surface area (Å²) in [5, 5.41) is 10.9. The van der Waals surface area contributed by atoms with E-state index in [2.05, 4.69) is 0 Å². The molecule has 0 bridgehead atoms. The summed E-state index contributed by atoms with van der Waals surface area (Å²) in [6.45, 7) is 3.01. The molecule has 0 amide bonds. The molecule has 1 heterocycles. The van der Waals surface area contributed by atoms with Gasteiger partial charge in [-0.2, -0.15) is 0 Å². The molecule has 0 saturated carbocycles. The lowest BCUT2D eigenvalue weighted by atomic mass is 10.1. The number of phenols is 1. The Balaban J connectivity index is 2.25. The molecule has 118 valence electrons. The summed E-state index contributed by atoms with van der Waals surface area (Å²) >= 11 is 5.90. The van der Waals surface area contributed by atoms with Crippen LogP contribution in [-0.4, -0.2) is 17.0 Å². The number of halogens is 1. The Bertz CT molecular complexity index is 990. The number of hydrogen-bond donors (Lipinski definition) is 1. The Morgan fingerprint density at radius 3 is 2.70 bits per heavy atom. The third-order valence-electron chi connectivity index (χ3n) is 3.57. The summed E-state index contributed by atoms with van der Waals surface area (Å²) in [4.78, 5) is 23.8. The lowest BCUT2D eigenvalue weighted by Crippen LogP contribution is -2.20. The molecule has 3 rings (SSSR count). The van der Waals surface area contributed by atoms with Gasteiger partial charge in [0.1, 0.15) is 28.1 Å². The molecule has 2 aromatic carbocycles. The van der Waals surface area contributed by atoms with Gasteiger partial charge in [-0.3, -0.25) is 9.59 Å². The minimum Gasteiger partial charge on any atom is -0.507 e. The van der Waals surface area contributed by atoms with Gasteiger partial charge in [-0.05, 0) is 32.0 Å². The number of phenolic OH excluding ortho intramolecular Hbond substituents is 1. The van der Waals surface area contributed by atoms with Gasteiger partial charge in [-0.1, -0.05) is 11.6 Å². The number of benzene rings is 2. The first-order valence-corrected chi connectivity index (χ1v) is 7.31. The maximum atomic E-state index is 12.5. The minimum atomic E-state index is -0.669. The van der Waals surface area contributed by atoms with Gasteiger partial charge in [-0.15, -0.1) is 0 Å². The van der Waals surface area contributed by atoms with Crippen LogP contribution in [0.5, 0.6) is 11.5 Å². The van der Waals surface area contributed by atoms with E-state index in [1.807, 2.05) is 0 Å². The zero-order chi connectivity index (χ0) is 16.7. The normalized spacial score (nSPS) is 12.5. The van der Waals surface area contributed by atoms with Crippen LogP contribution in [0, 0.1) is 0 Å². The van der Waals surface area contributed by atoms with E-state index >= 15 is 0 Å². The largest absolute Gasteiger partial charge is 0.507 e. The summed E-state index contributed by atoms with van der Waals surface area (Å²) < 4.78 is 11.1. The van der Waals surface area contributed by atoms with Gasteiger partial charge < -0.3 is 14.3 Å². The molecule has 1 atom stereocenters. The lowest BCUT2D eigenvalue weighted by Gasteiger charge is -2.12. The first-order chi connectivity index (χ1) is 10.9. The molecule has 5 nitrogen and oxygen atoms in total. The summed E-state index contributed by atoms with van der Waals surface area (Å²) in [7, 11) is 0. The first kappa shape index (κ1) is 15.4. The molecular formula is C17H13ClO5. The SMILES string of the molecule is CC(=O)[C@@H](C)Oc1cc(O)c2c(=O)c3cc(Cl)ccc3oc2c1. The number of Topliss-reactive ketones (excluding diaryl/α,β-unsaturated/α-hetero) is 1. The van der Waals surface area contributed by atoms with Crippen LogP contribution < -0.4 is 10.2 Å². The minimum absolute atomic E-state index is 0.0441. The van der Waals surface area contributed by atoms with Crippen molar-refractivity contribution in [2.24, 2.45) is 0 Å². The topological polar surface area (TPSA) is 76.7 Å². The average molecular weight is 333 g/mol. The number of carbonyl (C=O) groups is 1. The van der Waals surface area contributed by atoms with Crippen LogP contribution in [0.3, 0.4) is 0 Å². The van der Waals surface area contributed by atoms with Crippen molar-refractivity contribution in [3.63, 3.8) is 0 Å². The standard InChI is InChI=1S/C17H13ClO5/c1-8(19)9(2)22-11-6-13(20)16-15(7-11)23-14-4-3-10(18)5-12(14)17(16)21/h3-7,9,20H,1-2H3/t9-/m1/s1. The third-order valence-corrected chi connectivity index (χ3v) is 3.81. The Labute approximate surface area is 136 Å². The van der Waals surface area contributed by atoms with E-state index in [1.165, 1.54) is 25.1 Å². The van der Waals surface area contributed by atoms with Crippen molar-refractivity contribution in [1.29, 1.82) is 0 Å². The van der Waals surface area contributed by atoms with Crippen molar-refractivity contribution in [1.82, 2.24) is 0 Å². The van der Waals surface area contributed by atoms with Gasteiger partial charge in [-0.25, -0.2) is 0 Å². The molecule has 0 saturated heterocycles. The number of fused-ring (bicyclic) bond motifs is 2. The predicted molar refractivity (Wildman–Crippen MR) is 87.4 cm³/mol. The first-order valence-electron chi connectivity index (χ1n) is 6.93. The Kier molecular flexibility index (Phi) is 3.74. The summed E-state index contributed by atoms with van der Waals surface area (Å²) in [5.74, 6) is -0.183. The average Bonchev–Trinajstić information content (AvgIpc) is 2.47. The van der Waals surface area contributed by atoms with E-state index in [9.17, 15) is 14.7 Å². The fourth-order valence-corrected chi connectivity index (χ4v) is 2.43. The number of rotatable bonds is 3. The van der Waals surface area contributed by atoms with Crippen molar-refractivity contribution in [2.45, 2.75) is 20.0 Å². The second-order valence-corrected chi connectivity index (χ2v) is 5.69. The number of ether oxygens (including phenoxy) is 1. The molecule has 0 unspecified atom stereocenters. The van der Waals surface area contributed by atoms with Crippen LogP contribution in [0.1, 0.15) is 13.8 Å². The van der Waals surface area contributed by atoms with E-state index in [0.717, 1.165) is 0 Å². The highest BCUT2D eigenvalue weighted by molar-refractivity contribution is 6.31. The highest BCUT2D eigenvalue weighted by Gasteiger charge is 2.16. The number of aromatic hydroxyl groups is 1. The van der Waals surface area contributed by atoms with E-state index < -0.39 is 6.10 Å². The molecule has 0 aliphatic heterocycles. The van der Waals surface area contributed by atoms with Gasteiger partial charge in [0, 0.05) is 17.2 Å². The predicted octanol–water partition coefficient (Wildman–Crippen LogP) is 3.66. The highest BCUT2D eigenvalue weighted by Crippen LogP contribution is 2.31. The number of ketones is 1. The fourth-order valence-electron chi connectivity index (χ4n) is 2.26. The lowest BCUT2D eigenvalue weighted by molar-refractivity contribution is -0.122. The number of carbonyl (C=O) groups excluding carboxylic acids is 1. The maximum Gasteiger partial charge on any atom is 0.204 e. The van der Waals surface area contributed by atoms with Crippen LogP contribution in [-0.2, 0) is 4.79 Å². The Hall–Kier alpha value is -2.53. The monoisotopic (exact) mass is 332 g/mol. The molecule has 6 heteroatoms. The second kappa shape index (κ2) is 5.59. The quantitative estimate of drug-likeness (QED) is 0.741. The van der Waals surface area contributed by atoms with Crippen molar-refractivity contribution in [3.05, 3.63) is 45.6 Å². The molecule has 0 aliphatic carbocycles. The molecule has 0 aliphatic rings. The van der Waals surface area contributed by atoms with Crippen molar-refractivity contribution >= 4 is 39.3 Å². The van der Waals surface area contributed by atoms with Crippen LogP contribution in [0.4, 0.5) is 0 Å². The Morgan fingerprint density at radius 1 is 1.26 bits per heavy atom. The second-order valence-electron chi connectivity index (χ2n) is 5.26. The third kappa shape index (κ3) is 2.75. The molecule has 3 aromatic rings. The molecule has 23 heavy (non-hydrogen) atoms. The maximum absolute atomic E-state index is 12.5. The Morgan fingerprint density at radius 2 is 2.00 bits per heavy atom. The molecule has 0 fully saturated rings. The van der Waals surface area contributed by atoms with Crippen LogP contribution in [0.25, 0.3) is 21.9 Å². The van der Waals surface area contributed by atoms with Crippen molar-refractivity contribution < 1.29 is 19.1 Å². The van der Waals surface area contributed by atoms with E-state index in [0.29, 0.717) is 10.6 Å². The molecule has 1 aromatic heterocycles. The van der Waals surface area contributed by atoms with Gasteiger partial charge in [0.05, 0.1) is 5.39 Å². The molecule has 0 spiro atoms. The molecule has 0 radical (unpaired) electrons. The van der Waals surface area contributed by atoms with Crippen LogP contribution >= 0.6 is 11.6 Å². The van der Waals surface area contributed by atoms with Gasteiger partial charge in [0.25, 0.3) is 0 Å². The smallest absolute Gasteiger partial charge is 0.204 e. The molecule has 1 N–H and O–H groups in total. The highest BCUT2D eigenvalue weighted by atomic mass is 35.5.